The van der Waals surface area contributed by atoms with E-state index in [2.05, 4.69) is 22.9 Å². The zero-order chi connectivity index (χ0) is 26.8. The Balaban J connectivity index is 1.43. The zero-order valence-electron chi connectivity index (χ0n) is 21.6. The van der Waals surface area contributed by atoms with Crippen molar-refractivity contribution in [3.05, 3.63) is 108 Å². The van der Waals surface area contributed by atoms with Crippen molar-refractivity contribution in [2.24, 2.45) is 0 Å². The molecule has 7 nitrogen and oxygen atoms in total. The van der Waals surface area contributed by atoms with E-state index >= 15 is 0 Å². The number of amides is 2. The standard InChI is InChI=1S/C31H36N2O5/c34-29(20-12-4-7-15-25-13-5-1-6-14-25)32-28(31(36)33-38-24-27-18-10-3-11-19-27)21-22-30(35)37-23-26-16-8-2-9-17-26/h1-3,5-6,8-11,13-14,16-19,28H,4,7,12,15,20-24H2,(H,32,34)(H,33,36)/t28-/m1/s1. The van der Waals surface area contributed by atoms with E-state index in [1.807, 2.05) is 78.9 Å². The molecule has 38 heavy (non-hydrogen) atoms. The molecule has 0 unspecified atom stereocenters. The van der Waals surface area contributed by atoms with Crippen LogP contribution < -0.4 is 10.8 Å². The lowest BCUT2D eigenvalue weighted by atomic mass is 10.1. The third kappa shape index (κ3) is 11.4. The van der Waals surface area contributed by atoms with Crippen molar-refractivity contribution in [2.75, 3.05) is 0 Å². The van der Waals surface area contributed by atoms with Gasteiger partial charge in [-0.2, -0.15) is 0 Å². The monoisotopic (exact) mass is 516 g/mol. The summed E-state index contributed by atoms with van der Waals surface area (Å²) in [4.78, 5) is 43.0. The van der Waals surface area contributed by atoms with Crippen LogP contribution in [0.2, 0.25) is 0 Å². The average Bonchev–Trinajstić information content (AvgIpc) is 2.95. The smallest absolute Gasteiger partial charge is 0.306 e. The molecule has 0 spiro atoms. The summed E-state index contributed by atoms with van der Waals surface area (Å²) in [7, 11) is 0. The molecule has 0 heterocycles. The normalized spacial score (nSPS) is 11.4. The lowest BCUT2D eigenvalue weighted by Gasteiger charge is -2.18. The van der Waals surface area contributed by atoms with Crippen LogP contribution in [0, 0.1) is 0 Å². The van der Waals surface area contributed by atoms with Gasteiger partial charge in [0, 0.05) is 12.8 Å². The number of benzene rings is 3. The predicted molar refractivity (Wildman–Crippen MR) is 145 cm³/mol. The highest BCUT2D eigenvalue weighted by Gasteiger charge is 2.22. The van der Waals surface area contributed by atoms with Crippen LogP contribution in [0.5, 0.6) is 0 Å². The number of rotatable bonds is 16. The van der Waals surface area contributed by atoms with Crippen LogP contribution >= 0.6 is 0 Å². The fraction of sp³-hybridized carbons (Fsp3) is 0.323. The molecule has 2 N–H and O–H groups in total. The first-order chi connectivity index (χ1) is 18.6. The summed E-state index contributed by atoms with van der Waals surface area (Å²) in [6, 6.07) is 28.1. The van der Waals surface area contributed by atoms with E-state index in [9.17, 15) is 14.4 Å². The van der Waals surface area contributed by atoms with Crippen LogP contribution in [0.15, 0.2) is 91.0 Å². The second-order valence-electron chi connectivity index (χ2n) is 9.09. The predicted octanol–water partition coefficient (Wildman–Crippen LogP) is 5.05. The Hall–Kier alpha value is -3.97. The minimum atomic E-state index is -0.910. The van der Waals surface area contributed by atoms with Crippen LogP contribution in [0.25, 0.3) is 0 Å². The summed E-state index contributed by atoms with van der Waals surface area (Å²) in [6.45, 7) is 0.347. The molecule has 0 fully saturated rings. The van der Waals surface area contributed by atoms with Crippen LogP contribution in [0.3, 0.4) is 0 Å². The summed E-state index contributed by atoms with van der Waals surface area (Å²) in [6.07, 6.45) is 3.98. The van der Waals surface area contributed by atoms with Crippen molar-refractivity contribution in [3.63, 3.8) is 0 Å². The fourth-order valence-corrected chi connectivity index (χ4v) is 3.88. The molecule has 3 aromatic carbocycles. The summed E-state index contributed by atoms with van der Waals surface area (Å²) >= 11 is 0. The van der Waals surface area contributed by atoms with Crippen LogP contribution in [-0.2, 0) is 43.6 Å². The van der Waals surface area contributed by atoms with Crippen LogP contribution in [0.1, 0.15) is 55.2 Å². The van der Waals surface area contributed by atoms with Crippen molar-refractivity contribution in [3.8, 4) is 0 Å². The summed E-state index contributed by atoms with van der Waals surface area (Å²) in [5.41, 5.74) is 5.46. The number of nitrogens with one attached hydrogen (secondary N) is 2. The number of hydrogen-bond acceptors (Lipinski definition) is 5. The Morgan fingerprint density at radius 2 is 1.24 bits per heavy atom. The molecule has 0 aliphatic heterocycles. The van der Waals surface area contributed by atoms with Crippen molar-refractivity contribution in [1.82, 2.24) is 10.8 Å². The van der Waals surface area contributed by atoms with E-state index < -0.39 is 17.9 Å². The molecule has 1 atom stereocenters. The van der Waals surface area contributed by atoms with Gasteiger partial charge in [-0.3, -0.25) is 19.2 Å². The van der Waals surface area contributed by atoms with Gasteiger partial charge >= 0.3 is 5.97 Å². The van der Waals surface area contributed by atoms with Gasteiger partial charge in [-0.1, -0.05) is 97.4 Å². The van der Waals surface area contributed by atoms with Gasteiger partial charge in [-0.25, -0.2) is 5.48 Å². The van der Waals surface area contributed by atoms with Crippen molar-refractivity contribution in [1.29, 1.82) is 0 Å². The summed E-state index contributed by atoms with van der Waals surface area (Å²) in [5, 5.41) is 2.76. The molecule has 200 valence electrons. The molecule has 0 aliphatic carbocycles. The highest BCUT2D eigenvalue weighted by atomic mass is 16.6. The highest BCUT2D eigenvalue weighted by molar-refractivity contribution is 5.87. The van der Waals surface area contributed by atoms with Crippen molar-refractivity contribution < 1.29 is 24.0 Å². The van der Waals surface area contributed by atoms with Crippen molar-refractivity contribution >= 4 is 17.8 Å². The highest BCUT2D eigenvalue weighted by Crippen LogP contribution is 2.09. The molecule has 0 bridgehead atoms. The summed E-state index contributed by atoms with van der Waals surface area (Å²) < 4.78 is 5.32. The Labute approximate surface area is 224 Å². The second kappa shape index (κ2) is 16.7. The third-order valence-electron chi connectivity index (χ3n) is 6.00. The molecule has 3 rings (SSSR count). The van der Waals surface area contributed by atoms with Gasteiger partial charge in [0.05, 0.1) is 6.61 Å². The molecular weight excluding hydrogens is 480 g/mol. The molecule has 3 aromatic rings. The molecule has 0 saturated carbocycles. The largest absolute Gasteiger partial charge is 0.461 e. The number of hydrogen-bond donors (Lipinski definition) is 2. The van der Waals surface area contributed by atoms with Gasteiger partial charge < -0.3 is 10.1 Å². The lowest BCUT2D eigenvalue weighted by Crippen LogP contribution is -2.46. The number of unbranched alkanes of at least 4 members (excludes halogenated alkanes) is 2. The SMILES string of the molecule is O=C(CCCCCc1ccccc1)N[C@H](CCC(=O)OCc1ccccc1)C(=O)NOCc1ccccc1. The average molecular weight is 517 g/mol. The molecule has 0 saturated heterocycles. The van der Waals surface area contributed by atoms with E-state index in [1.165, 1.54) is 5.56 Å². The number of esters is 1. The Morgan fingerprint density at radius 3 is 1.87 bits per heavy atom. The first kappa shape index (κ1) is 28.6. The maximum absolute atomic E-state index is 12.8. The van der Waals surface area contributed by atoms with Crippen molar-refractivity contribution in [2.45, 2.75) is 64.2 Å². The fourth-order valence-electron chi connectivity index (χ4n) is 3.88. The van der Waals surface area contributed by atoms with E-state index in [0.29, 0.717) is 6.42 Å². The van der Waals surface area contributed by atoms with Crippen LogP contribution in [0.4, 0.5) is 0 Å². The van der Waals surface area contributed by atoms with E-state index in [-0.39, 0.29) is 32.0 Å². The first-order valence-electron chi connectivity index (χ1n) is 13.1. The number of carbonyl (C=O) groups is 3. The minimum absolute atomic E-state index is 0.0129. The second-order valence-corrected chi connectivity index (χ2v) is 9.09. The number of aryl methyl sites for hydroxylation is 1. The van der Waals surface area contributed by atoms with Gasteiger partial charge in [0.15, 0.2) is 0 Å². The summed E-state index contributed by atoms with van der Waals surface area (Å²) in [5.74, 6) is -1.17. The third-order valence-corrected chi connectivity index (χ3v) is 6.00. The topological polar surface area (TPSA) is 93.7 Å². The maximum atomic E-state index is 12.8. The molecule has 0 aromatic heterocycles. The molecule has 0 radical (unpaired) electrons. The minimum Gasteiger partial charge on any atom is -0.461 e. The van der Waals surface area contributed by atoms with E-state index in [0.717, 1.165) is 36.8 Å². The Bertz CT molecular complexity index is 1110. The van der Waals surface area contributed by atoms with Gasteiger partial charge in [-0.15, -0.1) is 0 Å². The Morgan fingerprint density at radius 1 is 0.658 bits per heavy atom. The Kier molecular flexibility index (Phi) is 12.6. The lowest BCUT2D eigenvalue weighted by molar-refractivity contribution is -0.146. The molecular formula is C31H36N2O5. The van der Waals surface area contributed by atoms with Gasteiger partial charge in [0.1, 0.15) is 12.6 Å². The quantitative estimate of drug-likeness (QED) is 0.158. The zero-order valence-corrected chi connectivity index (χ0v) is 21.6. The number of hydroxylamine groups is 1. The molecule has 0 aliphatic rings. The molecule has 7 heteroatoms. The molecule has 2 amide bonds. The van der Waals surface area contributed by atoms with E-state index in [1.54, 1.807) is 0 Å². The van der Waals surface area contributed by atoms with E-state index in [4.69, 9.17) is 9.57 Å². The first-order valence-corrected chi connectivity index (χ1v) is 13.1. The van der Waals surface area contributed by atoms with Gasteiger partial charge in [-0.05, 0) is 42.4 Å². The van der Waals surface area contributed by atoms with Gasteiger partial charge in [0.25, 0.3) is 5.91 Å². The number of carbonyl (C=O) groups excluding carboxylic acids is 3. The maximum Gasteiger partial charge on any atom is 0.306 e. The van der Waals surface area contributed by atoms with Crippen LogP contribution in [-0.4, -0.2) is 23.8 Å². The number of ether oxygens (including phenoxy) is 1. The van der Waals surface area contributed by atoms with Gasteiger partial charge in [0.2, 0.25) is 5.91 Å².